The van der Waals surface area contributed by atoms with Crippen LogP contribution in [0.1, 0.15) is 12.5 Å². The molecule has 1 atom stereocenters. The molecule has 2 aromatic rings. The number of aromatic amines is 1. The van der Waals surface area contributed by atoms with E-state index >= 15 is 0 Å². The maximum atomic E-state index is 11.3. The van der Waals surface area contributed by atoms with E-state index in [4.69, 9.17) is 0 Å². The fourth-order valence-corrected chi connectivity index (χ4v) is 2.05. The average Bonchev–Trinajstić information content (AvgIpc) is 2.82. The van der Waals surface area contributed by atoms with Crippen molar-refractivity contribution in [2.75, 3.05) is 7.11 Å². The normalized spacial score (nSPS) is 13.5. The fraction of sp³-hybridized carbons (Fsp3) is 0.286. The lowest BCUT2D eigenvalue weighted by atomic mass is 9.94. The van der Waals surface area contributed by atoms with Gasteiger partial charge in [-0.25, -0.2) is 4.79 Å². The van der Waals surface area contributed by atoms with Crippen molar-refractivity contribution in [3.05, 3.63) is 36.0 Å². The highest BCUT2D eigenvalue weighted by molar-refractivity contribution is 5.83. The van der Waals surface area contributed by atoms with Crippen LogP contribution in [0, 0.1) is 11.3 Å². The number of ether oxygens (including phenoxy) is 1. The van der Waals surface area contributed by atoms with Crippen LogP contribution in [0.25, 0.3) is 10.9 Å². The number of alkyl carbamates (subject to hydrolysis) is 1. The smallest absolute Gasteiger partial charge is 0.408 e. The van der Waals surface area contributed by atoms with Gasteiger partial charge in [0.15, 0.2) is 0 Å². The summed E-state index contributed by atoms with van der Waals surface area (Å²) in [6.07, 6.45) is 1.66. The molecular weight excluding hydrogens is 242 g/mol. The number of nitriles is 1. The Bertz CT molecular complexity index is 641. The summed E-state index contributed by atoms with van der Waals surface area (Å²) in [4.78, 5) is 14.4. The third-order valence-electron chi connectivity index (χ3n) is 3.03. The Morgan fingerprint density at radius 1 is 1.53 bits per heavy atom. The van der Waals surface area contributed by atoms with Gasteiger partial charge in [-0.05, 0) is 18.6 Å². The van der Waals surface area contributed by atoms with E-state index in [9.17, 15) is 10.1 Å². The quantitative estimate of drug-likeness (QED) is 0.885. The molecule has 1 amide bonds. The molecule has 0 aliphatic heterocycles. The molecule has 5 nitrogen and oxygen atoms in total. The topological polar surface area (TPSA) is 77.9 Å². The number of carbonyl (C=O) groups excluding carboxylic acids is 1. The summed E-state index contributed by atoms with van der Waals surface area (Å²) < 4.78 is 4.55. The molecule has 0 saturated heterocycles. The van der Waals surface area contributed by atoms with Gasteiger partial charge in [-0.15, -0.1) is 0 Å². The number of fused-ring (bicyclic) bond motifs is 1. The third kappa shape index (κ3) is 2.68. The molecule has 2 rings (SSSR count). The van der Waals surface area contributed by atoms with Gasteiger partial charge in [0.25, 0.3) is 0 Å². The van der Waals surface area contributed by atoms with Crippen LogP contribution in [0.2, 0.25) is 0 Å². The minimum absolute atomic E-state index is 0.405. The van der Waals surface area contributed by atoms with Crippen molar-refractivity contribution < 1.29 is 9.53 Å². The van der Waals surface area contributed by atoms with Crippen LogP contribution in [-0.2, 0) is 11.2 Å². The minimum atomic E-state index is -1.00. The molecule has 0 unspecified atom stereocenters. The molecule has 0 aliphatic carbocycles. The zero-order valence-corrected chi connectivity index (χ0v) is 10.9. The van der Waals surface area contributed by atoms with Gasteiger partial charge in [0.2, 0.25) is 0 Å². The molecule has 2 N–H and O–H groups in total. The summed E-state index contributed by atoms with van der Waals surface area (Å²) in [6.45, 7) is 1.67. The number of nitrogens with zero attached hydrogens (tertiary/aromatic N) is 1. The second-order valence-electron chi connectivity index (χ2n) is 4.60. The van der Waals surface area contributed by atoms with Crippen LogP contribution in [0.5, 0.6) is 0 Å². The number of nitrogens with one attached hydrogen (secondary N) is 2. The van der Waals surface area contributed by atoms with Gasteiger partial charge in [-0.1, -0.05) is 18.2 Å². The Kier molecular flexibility index (Phi) is 3.43. The van der Waals surface area contributed by atoms with Crippen molar-refractivity contribution in [1.82, 2.24) is 10.3 Å². The number of methoxy groups -OCH3 is 1. The Labute approximate surface area is 111 Å². The van der Waals surface area contributed by atoms with Crippen LogP contribution in [0.15, 0.2) is 30.5 Å². The second kappa shape index (κ2) is 5.02. The molecule has 5 heteroatoms. The molecule has 0 spiro atoms. The summed E-state index contributed by atoms with van der Waals surface area (Å²) in [5.74, 6) is 0. The van der Waals surface area contributed by atoms with Gasteiger partial charge in [-0.3, -0.25) is 0 Å². The van der Waals surface area contributed by atoms with E-state index < -0.39 is 11.6 Å². The lowest BCUT2D eigenvalue weighted by Crippen LogP contribution is -2.46. The first-order valence-corrected chi connectivity index (χ1v) is 5.90. The van der Waals surface area contributed by atoms with E-state index in [1.807, 2.05) is 30.5 Å². The van der Waals surface area contributed by atoms with Crippen molar-refractivity contribution >= 4 is 17.0 Å². The highest BCUT2D eigenvalue weighted by Gasteiger charge is 2.28. The first-order chi connectivity index (χ1) is 9.08. The molecule has 0 bridgehead atoms. The maximum absolute atomic E-state index is 11.3. The van der Waals surface area contributed by atoms with Crippen molar-refractivity contribution in [3.8, 4) is 6.07 Å². The predicted octanol–water partition coefficient (Wildman–Crippen LogP) is 2.35. The van der Waals surface area contributed by atoms with Crippen molar-refractivity contribution in [2.24, 2.45) is 0 Å². The van der Waals surface area contributed by atoms with E-state index in [0.717, 1.165) is 16.5 Å². The third-order valence-corrected chi connectivity index (χ3v) is 3.03. The number of para-hydroxylation sites is 1. The van der Waals surface area contributed by atoms with E-state index in [1.165, 1.54) is 7.11 Å². The first kappa shape index (κ1) is 13.0. The summed E-state index contributed by atoms with van der Waals surface area (Å²) in [5, 5.41) is 12.9. The van der Waals surface area contributed by atoms with Gasteiger partial charge in [0, 0.05) is 23.5 Å². The van der Waals surface area contributed by atoms with Gasteiger partial charge in [0.05, 0.1) is 13.2 Å². The fourth-order valence-electron chi connectivity index (χ4n) is 2.05. The zero-order valence-electron chi connectivity index (χ0n) is 10.9. The molecule has 1 aromatic carbocycles. The lowest BCUT2D eigenvalue weighted by molar-refractivity contribution is 0.163. The summed E-state index contributed by atoms with van der Waals surface area (Å²) >= 11 is 0. The highest BCUT2D eigenvalue weighted by atomic mass is 16.5. The molecule has 98 valence electrons. The number of carbonyl (C=O) groups is 1. The van der Waals surface area contributed by atoms with E-state index in [2.05, 4.69) is 21.1 Å². The molecule has 19 heavy (non-hydrogen) atoms. The van der Waals surface area contributed by atoms with E-state index in [1.54, 1.807) is 6.92 Å². The van der Waals surface area contributed by atoms with Gasteiger partial charge < -0.3 is 15.0 Å². The molecular formula is C14H15N3O2. The van der Waals surface area contributed by atoms with E-state index in [-0.39, 0.29) is 0 Å². The number of benzene rings is 1. The Morgan fingerprint density at radius 2 is 2.26 bits per heavy atom. The van der Waals surface area contributed by atoms with Crippen molar-refractivity contribution in [2.45, 2.75) is 18.9 Å². The summed E-state index contributed by atoms with van der Waals surface area (Å²) in [7, 11) is 1.28. The van der Waals surface area contributed by atoms with Crippen molar-refractivity contribution in [3.63, 3.8) is 0 Å². The molecule has 0 saturated carbocycles. The predicted molar refractivity (Wildman–Crippen MR) is 71.6 cm³/mol. The molecule has 1 aromatic heterocycles. The number of H-pyrrole nitrogens is 1. The number of aromatic nitrogens is 1. The average molecular weight is 257 g/mol. The highest BCUT2D eigenvalue weighted by Crippen LogP contribution is 2.22. The van der Waals surface area contributed by atoms with Gasteiger partial charge >= 0.3 is 6.09 Å². The Balaban J connectivity index is 2.28. The largest absolute Gasteiger partial charge is 0.453 e. The number of rotatable bonds is 3. The van der Waals surface area contributed by atoms with Gasteiger partial charge in [0.1, 0.15) is 5.54 Å². The van der Waals surface area contributed by atoms with Gasteiger partial charge in [-0.2, -0.15) is 5.26 Å². The number of amides is 1. The number of hydrogen-bond donors (Lipinski definition) is 2. The molecule has 0 radical (unpaired) electrons. The molecule has 0 aliphatic rings. The Morgan fingerprint density at radius 3 is 2.95 bits per heavy atom. The Hall–Kier alpha value is -2.48. The van der Waals surface area contributed by atoms with Crippen LogP contribution in [0.3, 0.4) is 0 Å². The summed E-state index contributed by atoms with van der Waals surface area (Å²) in [6, 6.07) is 9.96. The maximum Gasteiger partial charge on any atom is 0.408 e. The number of hydrogen-bond acceptors (Lipinski definition) is 3. The molecule has 0 fully saturated rings. The second-order valence-corrected chi connectivity index (χ2v) is 4.60. The zero-order chi connectivity index (χ0) is 13.9. The van der Waals surface area contributed by atoms with Crippen LogP contribution >= 0.6 is 0 Å². The SMILES string of the molecule is COC(=O)N[C@](C)(C#N)Cc1c[nH]c2ccccc12. The first-order valence-electron chi connectivity index (χ1n) is 5.90. The van der Waals surface area contributed by atoms with Crippen LogP contribution in [-0.4, -0.2) is 23.7 Å². The van der Waals surface area contributed by atoms with Crippen LogP contribution < -0.4 is 5.32 Å². The van der Waals surface area contributed by atoms with Crippen LogP contribution in [0.4, 0.5) is 4.79 Å². The standard InChI is InChI=1S/C14H15N3O2/c1-14(9-15,17-13(18)19-2)7-10-8-16-12-6-4-3-5-11(10)12/h3-6,8,16H,7H2,1-2H3,(H,17,18)/t14-/m0/s1. The van der Waals surface area contributed by atoms with E-state index in [0.29, 0.717) is 6.42 Å². The lowest BCUT2D eigenvalue weighted by Gasteiger charge is -2.22. The molecule has 1 heterocycles. The monoisotopic (exact) mass is 257 g/mol. The minimum Gasteiger partial charge on any atom is -0.453 e. The van der Waals surface area contributed by atoms with Crippen molar-refractivity contribution in [1.29, 1.82) is 5.26 Å². The summed E-state index contributed by atoms with van der Waals surface area (Å²) in [5.41, 5.74) is 0.991.